The number of carboxylic acid groups (broad SMARTS) is 1. The van der Waals surface area contributed by atoms with E-state index in [1.807, 2.05) is 6.07 Å². The summed E-state index contributed by atoms with van der Waals surface area (Å²) in [6.45, 7) is 2.65. The zero-order valence-electron chi connectivity index (χ0n) is 12.6. The summed E-state index contributed by atoms with van der Waals surface area (Å²) in [5, 5.41) is 9.03. The van der Waals surface area contributed by atoms with Gasteiger partial charge in [-0.05, 0) is 42.6 Å². The molecule has 0 saturated carbocycles. The highest BCUT2D eigenvalue weighted by molar-refractivity contribution is 5.70. The zero-order chi connectivity index (χ0) is 15.4. The molecule has 114 valence electrons. The van der Waals surface area contributed by atoms with Gasteiger partial charge in [-0.1, -0.05) is 54.6 Å². The third-order valence-electron chi connectivity index (χ3n) is 4.40. The number of hydrogen-bond acceptors (Lipinski definition) is 2. The maximum absolute atomic E-state index is 11.0. The van der Waals surface area contributed by atoms with E-state index in [9.17, 15) is 4.79 Å². The standard InChI is InChI=1S/C19H21NO2/c21-19(22)18-10-12-20(13-11-18)14-15-6-8-17(9-7-15)16-4-2-1-3-5-16/h1-9,18H,10-14H2,(H,21,22). The molecule has 1 aliphatic heterocycles. The molecule has 2 aromatic carbocycles. The number of piperidine rings is 1. The number of carboxylic acids is 1. The predicted octanol–water partition coefficient (Wildman–Crippen LogP) is 3.65. The van der Waals surface area contributed by atoms with Crippen LogP contribution in [0.3, 0.4) is 0 Å². The predicted molar refractivity (Wildman–Crippen MR) is 87.5 cm³/mol. The van der Waals surface area contributed by atoms with Gasteiger partial charge in [-0.25, -0.2) is 0 Å². The lowest BCUT2D eigenvalue weighted by atomic mass is 9.96. The Bertz CT molecular complexity index is 614. The van der Waals surface area contributed by atoms with E-state index in [-0.39, 0.29) is 5.92 Å². The van der Waals surface area contributed by atoms with Gasteiger partial charge < -0.3 is 5.11 Å². The normalized spacial score (nSPS) is 16.5. The molecule has 0 atom stereocenters. The molecule has 3 nitrogen and oxygen atoms in total. The molecular weight excluding hydrogens is 274 g/mol. The highest BCUT2D eigenvalue weighted by Crippen LogP contribution is 2.22. The molecule has 0 amide bonds. The minimum atomic E-state index is -0.646. The summed E-state index contributed by atoms with van der Waals surface area (Å²) in [5.74, 6) is -0.802. The van der Waals surface area contributed by atoms with E-state index in [1.165, 1.54) is 16.7 Å². The van der Waals surface area contributed by atoms with Gasteiger partial charge in [-0.3, -0.25) is 9.69 Å². The minimum Gasteiger partial charge on any atom is -0.481 e. The number of hydrogen-bond donors (Lipinski definition) is 1. The molecule has 3 heteroatoms. The maximum Gasteiger partial charge on any atom is 0.306 e. The number of likely N-dealkylation sites (tertiary alicyclic amines) is 1. The molecule has 3 rings (SSSR count). The van der Waals surface area contributed by atoms with Crippen LogP contribution in [-0.4, -0.2) is 29.1 Å². The SMILES string of the molecule is O=C(O)C1CCN(Cc2ccc(-c3ccccc3)cc2)CC1. The number of aliphatic carboxylic acids is 1. The maximum atomic E-state index is 11.0. The van der Waals surface area contributed by atoms with Crippen molar-refractivity contribution in [1.29, 1.82) is 0 Å². The highest BCUT2D eigenvalue weighted by Gasteiger charge is 2.24. The van der Waals surface area contributed by atoms with Crippen molar-refractivity contribution < 1.29 is 9.90 Å². The van der Waals surface area contributed by atoms with Crippen LogP contribution in [0.25, 0.3) is 11.1 Å². The number of rotatable bonds is 4. The molecule has 0 bridgehead atoms. The van der Waals surface area contributed by atoms with Crippen LogP contribution < -0.4 is 0 Å². The van der Waals surface area contributed by atoms with Crippen molar-refractivity contribution >= 4 is 5.97 Å². The van der Waals surface area contributed by atoms with Crippen LogP contribution in [0.5, 0.6) is 0 Å². The van der Waals surface area contributed by atoms with E-state index in [0.29, 0.717) is 0 Å². The fraction of sp³-hybridized carbons (Fsp3) is 0.316. The topological polar surface area (TPSA) is 40.5 Å². The summed E-state index contributed by atoms with van der Waals surface area (Å²) < 4.78 is 0. The lowest BCUT2D eigenvalue weighted by molar-refractivity contribution is -0.143. The molecular formula is C19H21NO2. The summed E-state index contributed by atoms with van der Waals surface area (Å²) in [7, 11) is 0. The Balaban J connectivity index is 1.59. The van der Waals surface area contributed by atoms with Crippen molar-refractivity contribution in [1.82, 2.24) is 4.90 Å². The molecule has 1 heterocycles. The molecule has 1 saturated heterocycles. The van der Waals surface area contributed by atoms with Gasteiger partial charge in [0.2, 0.25) is 0 Å². The van der Waals surface area contributed by atoms with E-state index in [2.05, 4.69) is 53.4 Å². The lowest BCUT2D eigenvalue weighted by Crippen LogP contribution is -2.35. The van der Waals surface area contributed by atoms with Crippen LogP contribution >= 0.6 is 0 Å². The van der Waals surface area contributed by atoms with Crippen molar-refractivity contribution in [3.63, 3.8) is 0 Å². The third kappa shape index (κ3) is 3.55. The summed E-state index contributed by atoms with van der Waals surface area (Å²) in [6.07, 6.45) is 1.52. The summed E-state index contributed by atoms with van der Waals surface area (Å²) in [6, 6.07) is 19.0. The smallest absolute Gasteiger partial charge is 0.306 e. The lowest BCUT2D eigenvalue weighted by Gasteiger charge is -2.30. The first-order valence-corrected chi connectivity index (χ1v) is 7.82. The summed E-state index contributed by atoms with van der Waals surface area (Å²) in [5.41, 5.74) is 3.75. The Kier molecular flexibility index (Phi) is 4.54. The molecule has 1 N–H and O–H groups in total. The largest absolute Gasteiger partial charge is 0.481 e. The fourth-order valence-corrected chi connectivity index (χ4v) is 3.03. The van der Waals surface area contributed by atoms with Gasteiger partial charge in [0, 0.05) is 6.54 Å². The molecule has 2 aromatic rings. The highest BCUT2D eigenvalue weighted by atomic mass is 16.4. The fourth-order valence-electron chi connectivity index (χ4n) is 3.03. The number of nitrogens with zero attached hydrogens (tertiary/aromatic N) is 1. The average Bonchev–Trinajstić information content (AvgIpc) is 2.57. The molecule has 0 radical (unpaired) electrons. The first kappa shape index (κ1) is 14.8. The Hall–Kier alpha value is -2.13. The van der Waals surface area contributed by atoms with Crippen LogP contribution in [0.15, 0.2) is 54.6 Å². The van der Waals surface area contributed by atoms with E-state index in [4.69, 9.17) is 5.11 Å². The van der Waals surface area contributed by atoms with Crippen molar-refractivity contribution in [3.05, 3.63) is 60.2 Å². The molecule has 0 unspecified atom stereocenters. The summed E-state index contributed by atoms with van der Waals surface area (Å²) in [4.78, 5) is 13.3. The van der Waals surface area contributed by atoms with Gasteiger partial charge in [0.1, 0.15) is 0 Å². The zero-order valence-corrected chi connectivity index (χ0v) is 12.6. The van der Waals surface area contributed by atoms with Crippen LogP contribution in [0, 0.1) is 5.92 Å². The second-order valence-electron chi connectivity index (χ2n) is 5.95. The second kappa shape index (κ2) is 6.75. The Morgan fingerprint density at radius 3 is 2.14 bits per heavy atom. The van der Waals surface area contributed by atoms with Gasteiger partial charge in [0.05, 0.1) is 5.92 Å². The van der Waals surface area contributed by atoms with Crippen molar-refractivity contribution in [2.24, 2.45) is 5.92 Å². The molecule has 1 aliphatic rings. The van der Waals surface area contributed by atoms with Gasteiger partial charge >= 0.3 is 5.97 Å². The number of benzene rings is 2. The molecule has 0 aliphatic carbocycles. The Labute approximate surface area is 131 Å². The van der Waals surface area contributed by atoms with E-state index in [1.54, 1.807) is 0 Å². The van der Waals surface area contributed by atoms with Gasteiger partial charge in [0.15, 0.2) is 0 Å². The molecule has 0 spiro atoms. The van der Waals surface area contributed by atoms with Gasteiger partial charge in [0.25, 0.3) is 0 Å². The number of carbonyl (C=O) groups is 1. The molecule has 1 fully saturated rings. The molecule has 0 aromatic heterocycles. The summed E-state index contributed by atoms with van der Waals surface area (Å²) >= 11 is 0. The van der Waals surface area contributed by atoms with Gasteiger partial charge in [-0.2, -0.15) is 0 Å². The van der Waals surface area contributed by atoms with Crippen LogP contribution in [-0.2, 0) is 11.3 Å². The first-order valence-electron chi connectivity index (χ1n) is 7.82. The quantitative estimate of drug-likeness (QED) is 0.936. The third-order valence-corrected chi connectivity index (χ3v) is 4.40. The average molecular weight is 295 g/mol. The second-order valence-corrected chi connectivity index (χ2v) is 5.95. The van der Waals surface area contributed by atoms with E-state index < -0.39 is 5.97 Å². The van der Waals surface area contributed by atoms with Crippen LogP contribution in [0.4, 0.5) is 0 Å². The van der Waals surface area contributed by atoms with Crippen molar-refractivity contribution in [2.45, 2.75) is 19.4 Å². The van der Waals surface area contributed by atoms with Crippen LogP contribution in [0.1, 0.15) is 18.4 Å². The Morgan fingerprint density at radius 1 is 0.955 bits per heavy atom. The Morgan fingerprint density at radius 2 is 1.55 bits per heavy atom. The monoisotopic (exact) mass is 295 g/mol. The van der Waals surface area contributed by atoms with Crippen molar-refractivity contribution in [3.8, 4) is 11.1 Å². The van der Waals surface area contributed by atoms with Gasteiger partial charge in [-0.15, -0.1) is 0 Å². The minimum absolute atomic E-state index is 0.156. The van der Waals surface area contributed by atoms with E-state index >= 15 is 0 Å². The first-order chi connectivity index (χ1) is 10.7. The van der Waals surface area contributed by atoms with E-state index in [0.717, 1.165) is 32.5 Å². The van der Waals surface area contributed by atoms with Crippen molar-refractivity contribution in [2.75, 3.05) is 13.1 Å². The molecule has 22 heavy (non-hydrogen) atoms. The van der Waals surface area contributed by atoms with Crippen LogP contribution in [0.2, 0.25) is 0 Å².